The standard InChI is InChI=1S/C15H14OS/c16-13-8-5-12(6-9-13)15-10-7-11-3-1-2-4-14(11)17-15/h1-6,8-9,15-16H,7,10H2/t15-/m0/s1. The number of phenols is 1. The number of phenolic OH excluding ortho intramolecular Hbond substituents is 1. The summed E-state index contributed by atoms with van der Waals surface area (Å²) < 4.78 is 0. The van der Waals surface area contributed by atoms with Crippen LogP contribution < -0.4 is 0 Å². The molecule has 0 saturated heterocycles. The number of fused-ring (bicyclic) bond motifs is 1. The second-order valence-corrected chi connectivity index (χ2v) is 5.59. The van der Waals surface area contributed by atoms with E-state index >= 15 is 0 Å². The molecular weight excluding hydrogens is 228 g/mol. The van der Waals surface area contributed by atoms with E-state index < -0.39 is 0 Å². The van der Waals surface area contributed by atoms with E-state index in [0.29, 0.717) is 11.0 Å². The first-order valence-electron chi connectivity index (χ1n) is 5.86. The Morgan fingerprint density at radius 2 is 1.76 bits per heavy atom. The zero-order valence-electron chi connectivity index (χ0n) is 9.47. The summed E-state index contributed by atoms with van der Waals surface area (Å²) in [7, 11) is 0. The van der Waals surface area contributed by atoms with Crippen molar-refractivity contribution in [3.63, 3.8) is 0 Å². The smallest absolute Gasteiger partial charge is 0.115 e. The van der Waals surface area contributed by atoms with Crippen molar-refractivity contribution in [1.29, 1.82) is 0 Å². The van der Waals surface area contributed by atoms with Gasteiger partial charge >= 0.3 is 0 Å². The average molecular weight is 242 g/mol. The maximum atomic E-state index is 9.31. The molecule has 1 atom stereocenters. The molecule has 0 spiro atoms. The maximum Gasteiger partial charge on any atom is 0.115 e. The highest BCUT2D eigenvalue weighted by Gasteiger charge is 2.20. The fraction of sp³-hybridized carbons (Fsp3) is 0.200. The van der Waals surface area contributed by atoms with Crippen LogP contribution in [0.15, 0.2) is 53.4 Å². The largest absolute Gasteiger partial charge is 0.508 e. The van der Waals surface area contributed by atoms with E-state index in [4.69, 9.17) is 0 Å². The van der Waals surface area contributed by atoms with E-state index in [0.717, 1.165) is 6.42 Å². The molecule has 1 nitrogen and oxygen atoms in total. The van der Waals surface area contributed by atoms with Crippen LogP contribution in [0, 0.1) is 0 Å². The first-order chi connectivity index (χ1) is 8.33. The van der Waals surface area contributed by atoms with Crippen LogP contribution in [0.5, 0.6) is 5.75 Å². The van der Waals surface area contributed by atoms with Crippen molar-refractivity contribution in [1.82, 2.24) is 0 Å². The van der Waals surface area contributed by atoms with E-state index in [1.165, 1.54) is 22.4 Å². The van der Waals surface area contributed by atoms with Gasteiger partial charge in [-0.2, -0.15) is 0 Å². The van der Waals surface area contributed by atoms with Gasteiger partial charge in [0.25, 0.3) is 0 Å². The Balaban J connectivity index is 1.86. The fourth-order valence-corrected chi connectivity index (χ4v) is 3.56. The highest BCUT2D eigenvalue weighted by Crippen LogP contribution is 2.44. The van der Waals surface area contributed by atoms with Crippen LogP contribution in [0.3, 0.4) is 0 Å². The Hall–Kier alpha value is -1.41. The predicted molar refractivity (Wildman–Crippen MR) is 71.5 cm³/mol. The number of aryl methyl sites for hydroxylation is 1. The zero-order chi connectivity index (χ0) is 11.7. The third-order valence-electron chi connectivity index (χ3n) is 3.18. The number of rotatable bonds is 1. The summed E-state index contributed by atoms with van der Waals surface area (Å²) in [5.74, 6) is 0.343. The van der Waals surface area contributed by atoms with Crippen molar-refractivity contribution in [3.8, 4) is 5.75 Å². The molecule has 2 aromatic carbocycles. The molecular formula is C15H14OS. The molecule has 0 unspecified atom stereocenters. The minimum atomic E-state index is 0.343. The first kappa shape index (κ1) is 10.7. The van der Waals surface area contributed by atoms with Crippen molar-refractivity contribution < 1.29 is 5.11 Å². The van der Waals surface area contributed by atoms with E-state index in [9.17, 15) is 5.11 Å². The van der Waals surface area contributed by atoms with Crippen molar-refractivity contribution in [2.45, 2.75) is 23.0 Å². The number of aromatic hydroxyl groups is 1. The Morgan fingerprint density at radius 3 is 2.59 bits per heavy atom. The van der Waals surface area contributed by atoms with Gasteiger partial charge in [0.2, 0.25) is 0 Å². The lowest BCUT2D eigenvalue weighted by molar-refractivity contribution is 0.475. The van der Waals surface area contributed by atoms with Crippen molar-refractivity contribution in [3.05, 3.63) is 59.7 Å². The monoisotopic (exact) mass is 242 g/mol. The molecule has 1 N–H and O–H groups in total. The second-order valence-electron chi connectivity index (χ2n) is 4.34. The predicted octanol–water partition coefficient (Wildman–Crippen LogP) is 4.17. The Kier molecular flexibility index (Phi) is 2.81. The summed E-state index contributed by atoms with van der Waals surface area (Å²) in [6, 6.07) is 16.2. The molecule has 0 fully saturated rings. The summed E-state index contributed by atoms with van der Waals surface area (Å²) in [5, 5.41) is 9.82. The summed E-state index contributed by atoms with van der Waals surface area (Å²) in [5.41, 5.74) is 2.77. The highest BCUT2D eigenvalue weighted by atomic mass is 32.2. The van der Waals surface area contributed by atoms with Crippen molar-refractivity contribution >= 4 is 11.8 Å². The van der Waals surface area contributed by atoms with Crippen molar-refractivity contribution in [2.24, 2.45) is 0 Å². The average Bonchev–Trinajstić information content (AvgIpc) is 2.39. The third kappa shape index (κ3) is 2.18. The van der Waals surface area contributed by atoms with Gasteiger partial charge in [0.15, 0.2) is 0 Å². The van der Waals surface area contributed by atoms with Crippen LogP contribution in [-0.2, 0) is 6.42 Å². The highest BCUT2D eigenvalue weighted by molar-refractivity contribution is 7.99. The number of hydrogen-bond acceptors (Lipinski definition) is 2. The fourth-order valence-electron chi connectivity index (χ4n) is 2.25. The van der Waals surface area contributed by atoms with E-state index in [-0.39, 0.29) is 0 Å². The topological polar surface area (TPSA) is 20.2 Å². The molecule has 1 aliphatic rings. The van der Waals surface area contributed by atoms with Crippen LogP contribution in [0.4, 0.5) is 0 Å². The Bertz CT molecular complexity index is 519. The molecule has 0 saturated carbocycles. The van der Waals surface area contributed by atoms with E-state index in [1.807, 2.05) is 23.9 Å². The van der Waals surface area contributed by atoms with E-state index in [2.05, 4.69) is 24.3 Å². The van der Waals surface area contributed by atoms with Crippen LogP contribution in [0.1, 0.15) is 22.8 Å². The van der Waals surface area contributed by atoms with Crippen LogP contribution in [-0.4, -0.2) is 5.11 Å². The lowest BCUT2D eigenvalue weighted by Gasteiger charge is -2.24. The van der Waals surface area contributed by atoms with Gasteiger partial charge in [-0.05, 0) is 42.2 Å². The normalized spacial score (nSPS) is 18.7. The number of thioether (sulfide) groups is 1. The zero-order valence-corrected chi connectivity index (χ0v) is 10.3. The molecule has 0 radical (unpaired) electrons. The Morgan fingerprint density at radius 1 is 1.00 bits per heavy atom. The third-order valence-corrected chi connectivity index (χ3v) is 4.63. The minimum Gasteiger partial charge on any atom is -0.508 e. The van der Waals surface area contributed by atoms with Crippen LogP contribution in [0.2, 0.25) is 0 Å². The first-order valence-corrected chi connectivity index (χ1v) is 6.74. The van der Waals surface area contributed by atoms with Gasteiger partial charge in [-0.15, -0.1) is 11.8 Å². The molecule has 2 heteroatoms. The molecule has 1 aliphatic heterocycles. The Labute approximate surface area is 105 Å². The maximum absolute atomic E-state index is 9.31. The second kappa shape index (κ2) is 4.46. The summed E-state index contributed by atoms with van der Waals surface area (Å²) in [4.78, 5) is 1.40. The molecule has 0 aliphatic carbocycles. The van der Waals surface area contributed by atoms with Crippen LogP contribution in [0.25, 0.3) is 0 Å². The lowest BCUT2D eigenvalue weighted by Crippen LogP contribution is -2.03. The van der Waals surface area contributed by atoms with Gasteiger partial charge in [-0.25, -0.2) is 0 Å². The number of hydrogen-bond donors (Lipinski definition) is 1. The number of benzene rings is 2. The lowest BCUT2D eigenvalue weighted by atomic mass is 10.0. The van der Waals surface area contributed by atoms with Gasteiger partial charge in [0.05, 0.1) is 0 Å². The van der Waals surface area contributed by atoms with Gasteiger partial charge < -0.3 is 5.11 Å². The van der Waals surface area contributed by atoms with Crippen LogP contribution >= 0.6 is 11.8 Å². The van der Waals surface area contributed by atoms with Gasteiger partial charge in [0, 0.05) is 10.1 Å². The van der Waals surface area contributed by atoms with Crippen molar-refractivity contribution in [2.75, 3.05) is 0 Å². The summed E-state index contributed by atoms with van der Waals surface area (Å²) in [6.45, 7) is 0. The van der Waals surface area contributed by atoms with Gasteiger partial charge in [-0.1, -0.05) is 30.3 Å². The molecule has 86 valence electrons. The van der Waals surface area contributed by atoms with E-state index in [1.54, 1.807) is 12.1 Å². The quantitative estimate of drug-likeness (QED) is 0.809. The molecule has 17 heavy (non-hydrogen) atoms. The molecule has 0 aromatic heterocycles. The molecule has 0 bridgehead atoms. The van der Waals surface area contributed by atoms with Gasteiger partial charge in [0.1, 0.15) is 5.75 Å². The minimum absolute atomic E-state index is 0.343. The van der Waals surface area contributed by atoms with Gasteiger partial charge in [-0.3, -0.25) is 0 Å². The molecule has 1 heterocycles. The molecule has 3 rings (SSSR count). The summed E-state index contributed by atoms with van der Waals surface area (Å²) >= 11 is 1.93. The molecule has 0 amide bonds. The SMILES string of the molecule is Oc1ccc([C@@H]2CCc3ccccc3S2)cc1. The summed E-state index contributed by atoms with van der Waals surface area (Å²) in [6.07, 6.45) is 2.32. The molecule has 2 aromatic rings.